The van der Waals surface area contributed by atoms with Crippen molar-refractivity contribution in [3.63, 3.8) is 0 Å². The molecule has 1 nitrogen and oxygen atoms in total. The Labute approximate surface area is 185 Å². The molecule has 0 spiro atoms. The topological polar surface area (TPSA) is 3.24 Å². The highest BCUT2D eigenvalue weighted by Crippen LogP contribution is 2.58. The normalized spacial score (nSPS) is 16.7. The van der Waals surface area contributed by atoms with Crippen molar-refractivity contribution in [3.05, 3.63) is 113 Å². The molecule has 0 aromatic heterocycles. The summed E-state index contributed by atoms with van der Waals surface area (Å²) in [7, 11) is 0. The van der Waals surface area contributed by atoms with E-state index in [1.54, 1.807) is 60.7 Å². The molecule has 0 amide bonds. The fourth-order valence-corrected chi connectivity index (χ4v) is 4.26. The van der Waals surface area contributed by atoms with Gasteiger partial charge in [-0.15, -0.1) is 0 Å². The summed E-state index contributed by atoms with van der Waals surface area (Å²) in [6.07, 6.45) is -9.92. The molecule has 0 N–H and O–H groups in total. The minimum absolute atomic E-state index is 0.0918. The molecule has 0 saturated carbocycles. The fraction of sp³-hybridized carbons (Fsp3) is 0.200. The fourth-order valence-electron chi connectivity index (χ4n) is 4.26. The predicted molar refractivity (Wildman–Crippen MR) is 111 cm³/mol. The Morgan fingerprint density at radius 1 is 0.606 bits per heavy atom. The lowest BCUT2D eigenvalue weighted by atomic mass is 9.81. The Kier molecular flexibility index (Phi) is 5.72. The molecule has 1 unspecified atom stereocenters. The van der Waals surface area contributed by atoms with Crippen molar-refractivity contribution in [1.29, 1.82) is 0 Å². The maximum Gasteiger partial charge on any atom is 0.434 e. The number of fused-ring (bicyclic) bond motifs is 1. The number of hydrogen-bond acceptors (Lipinski definition) is 1. The van der Waals surface area contributed by atoms with Crippen LogP contribution in [-0.4, -0.2) is 22.9 Å². The first kappa shape index (κ1) is 22.9. The first-order valence-electron chi connectivity index (χ1n) is 10.0. The van der Waals surface area contributed by atoms with Gasteiger partial charge in [-0.3, -0.25) is 0 Å². The quantitative estimate of drug-likeness (QED) is 0.358. The third-order valence-electron chi connectivity index (χ3n) is 5.75. The van der Waals surface area contributed by atoms with Gasteiger partial charge in [0.1, 0.15) is 6.04 Å². The summed E-state index contributed by atoms with van der Waals surface area (Å²) in [6, 6.07) is 17.6. The molecule has 0 saturated heterocycles. The highest BCUT2D eigenvalue weighted by atomic mass is 19.4. The first-order chi connectivity index (χ1) is 15.6. The average Bonchev–Trinajstić information content (AvgIpc) is 2.78. The number of benzene rings is 3. The molecule has 0 radical (unpaired) electrons. The molecule has 8 heteroatoms. The van der Waals surface area contributed by atoms with Crippen molar-refractivity contribution < 1.29 is 30.7 Å². The van der Waals surface area contributed by atoms with Gasteiger partial charge in [-0.05, 0) is 28.3 Å². The van der Waals surface area contributed by atoms with Gasteiger partial charge in [0.05, 0.1) is 6.04 Å². The van der Waals surface area contributed by atoms with E-state index in [-0.39, 0.29) is 5.56 Å². The van der Waals surface area contributed by atoms with Crippen LogP contribution in [0.25, 0.3) is 6.08 Å². The van der Waals surface area contributed by atoms with Gasteiger partial charge in [0.2, 0.25) is 0 Å². The lowest BCUT2D eigenvalue weighted by Gasteiger charge is -2.47. The molecule has 3 aromatic carbocycles. The molecule has 0 fully saturated rings. The molecule has 172 valence electrons. The SMILES string of the molecule is FC(F)(F)C(F)(C1c2ccccc2C=CN1C(c1ccccc1)c1ccccc1)C(F)(F)F. The van der Waals surface area contributed by atoms with E-state index in [0.29, 0.717) is 11.1 Å². The van der Waals surface area contributed by atoms with E-state index in [4.69, 9.17) is 0 Å². The van der Waals surface area contributed by atoms with Crippen molar-refractivity contribution in [2.24, 2.45) is 0 Å². The number of hydrogen-bond donors (Lipinski definition) is 0. The molecule has 33 heavy (non-hydrogen) atoms. The molecule has 4 rings (SSSR count). The summed E-state index contributed by atoms with van der Waals surface area (Å²) in [6.45, 7) is 0. The van der Waals surface area contributed by atoms with Gasteiger partial charge in [-0.25, -0.2) is 4.39 Å². The van der Waals surface area contributed by atoms with E-state index in [9.17, 15) is 26.3 Å². The Morgan fingerprint density at radius 2 is 1.06 bits per heavy atom. The zero-order valence-corrected chi connectivity index (χ0v) is 17.0. The summed E-state index contributed by atoms with van der Waals surface area (Å²) in [5.74, 6) is 0. The van der Waals surface area contributed by atoms with Crippen LogP contribution in [0.5, 0.6) is 0 Å². The Bertz CT molecular complexity index is 1070. The van der Waals surface area contributed by atoms with Crippen LogP contribution in [-0.2, 0) is 0 Å². The second-order valence-corrected chi connectivity index (χ2v) is 7.73. The van der Waals surface area contributed by atoms with Gasteiger partial charge in [-0.1, -0.05) is 84.9 Å². The molecule has 1 aliphatic heterocycles. The standard InChI is InChI=1S/C25H18F7N/c26-23(24(27,28)29,25(30,31)32)22-20-14-8-7-9-17(20)15-16-33(22)21(18-10-3-1-4-11-18)19-12-5-2-6-13-19/h1-16,21-22H. The van der Waals surface area contributed by atoms with Crippen LogP contribution in [0.1, 0.15) is 34.3 Å². The largest absolute Gasteiger partial charge is 0.434 e. The summed E-state index contributed by atoms with van der Waals surface area (Å²) in [5.41, 5.74) is -4.99. The lowest BCUT2D eigenvalue weighted by Crippen LogP contribution is -2.61. The molecule has 1 aliphatic rings. The van der Waals surface area contributed by atoms with E-state index in [1.165, 1.54) is 24.3 Å². The molecule has 1 heterocycles. The Morgan fingerprint density at radius 3 is 1.55 bits per heavy atom. The third kappa shape index (κ3) is 3.87. The van der Waals surface area contributed by atoms with E-state index < -0.39 is 35.7 Å². The lowest BCUT2D eigenvalue weighted by molar-refractivity contribution is -0.358. The maximum absolute atomic E-state index is 15.7. The van der Waals surface area contributed by atoms with Crippen molar-refractivity contribution in [2.75, 3.05) is 0 Å². The number of nitrogens with zero attached hydrogens (tertiary/aromatic N) is 1. The Hall–Kier alpha value is -3.29. The van der Waals surface area contributed by atoms with Gasteiger partial charge < -0.3 is 4.90 Å². The van der Waals surface area contributed by atoms with E-state index in [0.717, 1.165) is 17.2 Å². The maximum atomic E-state index is 15.7. The van der Waals surface area contributed by atoms with Crippen molar-refractivity contribution in [3.8, 4) is 0 Å². The Balaban J connectivity index is 2.01. The number of rotatable bonds is 4. The van der Waals surface area contributed by atoms with Crippen LogP contribution in [0.3, 0.4) is 0 Å². The molecular formula is C25H18F7N. The minimum Gasteiger partial charge on any atom is -0.355 e. The molecule has 1 atom stereocenters. The highest BCUT2D eigenvalue weighted by molar-refractivity contribution is 5.59. The summed E-state index contributed by atoms with van der Waals surface area (Å²) in [4.78, 5) is 0.827. The van der Waals surface area contributed by atoms with Crippen LogP contribution < -0.4 is 0 Å². The van der Waals surface area contributed by atoms with Crippen LogP contribution in [0.2, 0.25) is 0 Å². The van der Waals surface area contributed by atoms with Crippen LogP contribution in [0.15, 0.2) is 91.1 Å². The summed E-state index contributed by atoms with van der Waals surface area (Å²) >= 11 is 0. The van der Waals surface area contributed by atoms with E-state index in [1.807, 2.05) is 0 Å². The monoisotopic (exact) mass is 465 g/mol. The van der Waals surface area contributed by atoms with Crippen molar-refractivity contribution >= 4 is 6.08 Å². The van der Waals surface area contributed by atoms with Crippen molar-refractivity contribution in [2.45, 2.75) is 30.1 Å². The number of halogens is 7. The highest BCUT2D eigenvalue weighted by Gasteiger charge is 2.77. The van der Waals surface area contributed by atoms with Gasteiger partial charge in [0.15, 0.2) is 0 Å². The molecule has 3 aromatic rings. The second kappa shape index (κ2) is 8.24. The zero-order valence-electron chi connectivity index (χ0n) is 17.0. The third-order valence-corrected chi connectivity index (χ3v) is 5.75. The van der Waals surface area contributed by atoms with Crippen molar-refractivity contribution in [1.82, 2.24) is 4.90 Å². The van der Waals surface area contributed by atoms with E-state index >= 15 is 4.39 Å². The first-order valence-corrected chi connectivity index (χ1v) is 10.0. The van der Waals surface area contributed by atoms with Gasteiger partial charge in [-0.2, -0.15) is 26.3 Å². The molecule has 0 aliphatic carbocycles. The number of alkyl halides is 7. The second-order valence-electron chi connectivity index (χ2n) is 7.73. The minimum atomic E-state index is -6.22. The predicted octanol–water partition coefficient (Wildman–Crippen LogP) is 7.64. The van der Waals surface area contributed by atoms with Crippen LogP contribution in [0, 0.1) is 0 Å². The summed E-state index contributed by atoms with van der Waals surface area (Å²) < 4.78 is 99.5. The molecular weight excluding hydrogens is 447 g/mol. The summed E-state index contributed by atoms with van der Waals surface area (Å²) in [5, 5.41) is 0. The van der Waals surface area contributed by atoms with Crippen LogP contribution >= 0.6 is 0 Å². The van der Waals surface area contributed by atoms with Gasteiger partial charge in [0.25, 0.3) is 0 Å². The van der Waals surface area contributed by atoms with Gasteiger partial charge in [0, 0.05) is 6.20 Å². The smallest absolute Gasteiger partial charge is 0.355 e. The van der Waals surface area contributed by atoms with E-state index in [2.05, 4.69) is 0 Å². The average molecular weight is 465 g/mol. The van der Waals surface area contributed by atoms with Crippen LogP contribution in [0.4, 0.5) is 30.7 Å². The molecule has 0 bridgehead atoms. The zero-order chi connectivity index (χ0) is 23.9. The van der Waals surface area contributed by atoms with Gasteiger partial charge >= 0.3 is 18.0 Å².